The predicted octanol–water partition coefficient (Wildman–Crippen LogP) is 2.42. The maximum absolute atomic E-state index is 12.3. The average molecular weight is 303 g/mol. The van der Waals surface area contributed by atoms with E-state index < -0.39 is 5.54 Å². The average Bonchev–Trinajstić information content (AvgIpc) is 2.99. The third-order valence-corrected chi connectivity index (χ3v) is 4.79. The number of rotatable bonds is 7. The van der Waals surface area contributed by atoms with Crippen molar-refractivity contribution < 1.29 is 4.79 Å². The molecular formula is C18H29N3O. The number of nitrogens with zero attached hydrogens (tertiary/aromatic N) is 1. The summed E-state index contributed by atoms with van der Waals surface area (Å²) >= 11 is 0. The molecule has 1 aliphatic carbocycles. The Kier molecular flexibility index (Phi) is 5.98. The van der Waals surface area contributed by atoms with Gasteiger partial charge in [0.05, 0.1) is 5.54 Å². The SMILES string of the molecule is CCN(CC)Cc1ccccc1CNC(=O)C1(N)CCCC1. The fraction of sp³-hybridized carbons (Fsp3) is 0.611. The van der Waals surface area contributed by atoms with Crippen LogP contribution in [0.25, 0.3) is 0 Å². The molecule has 0 saturated heterocycles. The summed E-state index contributed by atoms with van der Waals surface area (Å²) < 4.78 is 0. The van der Waals surface area contributed by atoms with E-state index in [0.717, 1.165) is 45.3 Å². The quantitative estimate of drug-likeness (QED) is 0.813. The van der Waals surface area contributed by atoms with E-state index in [1.807, 2.05) is 6.07 Å². The molecule has 1 amide bonds. The molecule has 0 aliphatic heterocycles. The summed E-state index contributed by atoms with van der Waals surface area (Å²) in [4.78, 5) is 14.7. The second-order valence-corrected chi connectivity index (χ2v) is 6.28. The molecule has 0 atom stereocenters. The molecule has 4 nitrogen and oxygen atoms in total. The lowest BCUT2D eigenvalue weighted by Crippen LogP contribution is -2.51. The van der Waals surface area contributed by atoms with Crippen molar-refractivity contribution in [3.63, 3.8) is 0 Å². The van der Waals surface area contributed by atoms with Gasteiger partial charge in [-0.3, -0.25) is 9.69 Å². The summed E-state index contributed by atoms with van der Waals surface area (Å²) in [6.45, 7) is 7.90. The highest BCUT2D eigenvalue weighted by Crippen LogP contribution is 2.27. The predicted molar refractivity (Wildman–Crippen MR) is 90.3 cm³/mol. The first-order chi connectivity index (χ1) is 10.6. The fourth-order valence-corrected chi connectivity index (χ4v) is 3.16. The van der Waals surface area contributed by atoms with E-state index in [1.54, 1.807) is 0 Å². The van der Waals surface area contributed by atoms with Gasteiger partial charge >= 0.3 is 0 Å². The molecule has 1 fully saturated rings. The van der Waals surface area contributed by atoms with Crippen molar-refractivity contribution in [1.82, 2.24) is 10.2 Å². The first-order valence-corrected chi connectivity index (χ1v) is 8.45. The van der Waals surface area contributed by atoms with Crippen molar-refractivity contribution in [2.75, 3.05) is 13.1 Å². The molecule has 3 N–H and O–H groups in total. The first kappa shape index (κ1) is 17.0. The van der Waals surface area contributed by atoms with E-state index in [2.05, 4.69) is 42.3 Å². The van der Waals surface area contributed by atoms with Gasteiger partial charge in [-0.25, -0.2) is 0 Å². The van der Waals surface area contributed by atoms with Crippen LogP contribution in [-0.2, 0) is 17.9 Å². The number of hydrogen-bond donors (Lipinski definition) is 2. The van der Waals surface area contributed by atoms with Gasteiger partial charge < -0.3 is 11.1 Å². The Balaban J connectivity index is 1.99. The van der Waals surface area contributed by atoms with Crippen molar-refractivity contribution in [3.05, 3.63) is 35.4 Å². The van der Waals surface area contributed by atoms with Gasteiger partial charge in [-0.05, 0) is 37.1 Å². The second kappa shape index (κ2) is 7.75. The van der Waals surface area contributed by atoms with E-state index >= 15 is 0 Å². The zero-order valence-electron chi connectivity index (χ0n) is 13.9. The summed E-state index contributed by atoms with van der Waals surface area (Å²) in [6.07, 6.45) is 3.73. The molecule has 0 heterocycles. The van der Waals surface area contributed by atoms with Crippen LogP contribution < -0.4 is 11.1 Å². The molecule has 0 bridgehead atoms. The van der Waals surface area contributed by atoms with Crippen molar-refractivity contribution in [2.45, 2.75) is 58.2 Å². The molecule has 1 aromatic carbocycles. The molecule has 0 radical (unpaired) electrons. The molecule has 2 rings (SSSR count). The number of hydrogen-bond acceptors (Lipinski definition) is 3. The molecule has 22 heavy (non-hydrogen) atoms. The van der Waals surface area contributed by atoms with Crippen molar-refractivity contribution >= 4 is 5.91 Å². The molecule has 1 aliphatic rings. The molecule has 1 aromatic rings. The number of amides is 1. The Morgan fingerprint density at radius 2 is 1.77 bits per heavy atom. The first-order valence-electron chi connectivity index (χ1n) is 8.45. The van der Waals surface area contributed by atoms with Crippen molar-refractivity contribution in [2.24, 2.45) is 5.73 Å². The molecule has 0 unspecified atom stereocenters. The van der Waals surface area contributed by atoms with Crippen LogP contribution in [0.2, 0.25) is 0 Å². The zero-order valence-corrected chi connectivity index (χ0v) is 13.9. The number of carbonyl (C=O) groups is 1. The van der Waals surface area contributed by atoms with Gasteiger partial charge in [0.15, 0.2) is 0 Å². The lowest BCUT2D eigenvalue weighted by Gasteiger charge is -2.23. The maximum atomic E-state index is 12.3. The largest absolute Gasteiger partial charge is 0.350 e. The van der Waals surface area contributed by atoms with Gasteiger partial charge in [0, 0.05) is 13.1 Å². The number of carbonyl (C=O) groups excluding carboxylic acids is 1. The third-order valence-electron chi connectivity index (χ3n) is 4.79. The number of nitrogens with two attached hydrogens (primary N) is 1. The minimum Gasteiger partial charge on any atom is -0.350 e. The lowest BCUT2D eigenvalue weighted by atomic mass is 9.98. The smallest absolute Gasteiger partial charge is 0.240 e. The van der Waals surface area contributed by atoms with Gasteiger partial charge in [0.1, 0.15) is 0 Å². The summed E-state index contributed by atoms with van der Waals surface area (Å²) in [7, 11) is 0. The van der Waals surface area contributed by atoms with Gasteiger partial charge in [-0.2, -0.15) is 0 Å². The van der Waals surface area contributed by atoms with Crippen LogP contribution in [0.4, 0.5) is 0 Å². The molecule has 4 heteroatoms. The molecule has 0 spiro atoms. The minimum atomic E-state index is -0.645. The Morgan fingerprint density at radius 1 is 1.18 bits per heavy atom. The van der Waals surface area contributed by atoms with Crippen LogP contribution in [0.5, 0.6) is 0 Å². The van der Waals surface area contributed by atoms with Crippen LogP contribution in [0.3, 0.4) is 0 Å². The summed E-state index contributed by atoms with van der Waals surface area (Å²) in [5.41, 5.74) is 8.03. The zero-order chi connectivity index (χ0) is 16.0. The summed E-state index contributed by atoms with van der Waals surface area (Å²) in [6, 6.07) is 8.33. The Hall–Kier alpha value is -1.39. The van der Waals surface area contributed by atoms with Crippen LogP contribution in [0.1, 0.15) is 50.7 Å². The summed E-state index contributed by atoms with van der Waals surface area (Å²) in [5.74, 6) is 0.00245. The van der Waals surface area contributed by atoms with E-state index in [-0.39, 0.29) is 5.91 Å². The summed E-state index contributed by atoms with van der Waals surface area (Å²) in [5, 5.41) is 3.05. The number of nitrogens with one attached hydrogen (secondary N) is 1. The highest BCUT2D eigenvalue weighted by Gasteiger charge is 2.36. The Morgan fingerprint density at radius 3 is 2.36 bits per heavy atom. The van der Waals surface area contributed by atoms with Crippen LogP contribution in [0, 0.1) is 0 Å². The van der Waals surface area contributed by atoms with E-state index in [4.69, 9.17) is 5.73 Å². The van der Waals surface area contributed by atoms with E-state index in [9.17, 15) is 4.79 Å². The molecule has 1 saturated carbocycles. The third kappa shape index (κ3) is 4.08. The highest BCUT2D eigenvalue weighted by atomic mass is 16.2. The molecule has 0 aromatic heterocycles. The Bertz CT molecular complexity index is 491. The van der Waals surface area contributed by atoms with Gasteiger partial charge in [-0.1, -0.05) is 51.0 Å². The topological polar surface area (TPSA) is 58.4 Å². The highest BCUT2D eigenvalue weighted by molar-refractivity contribution is 5.86. The number of benzene rings is 1. The molecular weight excluding hydrogens is 274 g/mol. The van der Waals surface area contributed by atoms with Gasteiger partial charge in [0.25, 0.3) is 0 Å². The second-order valence-electron chi connectivity index (χ2n) is 6.28. The van der Waals surface area contributed by atoms with Crippen molar-refractivity contribution in [3.8, 4) is 0 Å². The Labute approximate surface area is 134 Å². The standard InChI is InChI=1S/C18H29N3O/c1-3-21(4-2)14-16-10-6-5-9-15(16)13-20-17(22)18(19)11-7-8-12-18/h5-6,9-10H,3-4,7-8,11-14,19H2,1-2H3,(H,20,22). The molecule has 122 valence electrons. The maximum Gasteiger partial charge on any atom is 0.240 e. The minimum absolute atomic E-state index is 0.00245. The van der Waals surface area contributed by atoms with E-state index in [1.165, 1.54) is 11.1 Å². The van der Waals surface area contributed by atoms with Gasteiger partial charge in [-0.15, -0.1) is 0 Å². The fourth-order valence-electron chi connectivity index (χ4n) is 3.16. The normalized spacial score (nSPS) is 16.9. The van der Waals surface area contributed by atoms with Crippen molar-refractivity contribution in [1.29, 1.82) is 0 Å². The monoisotopic (exact) mass is 303 g/mol. The van der Waals surface area contributed by atoms with Crippen LogP contribution in [-0.4, -0.2) is 29.4 Å². The van der Waals surface area contributed by atoms with E-state index in [0.29, 0.717) is 6.54 Å². The van der Waals surface area contributed by atoms with Crippen LogP contribution >= 0.6 is 0 Å². The van der Waals surface area contributed by atoms with Crippen LogP contribution in [0.15, 0.2) is 24.3 Å². The van der Waals surface area contributed by atoms with Gasteiger partial charge in [0.2, 0.25) is 5.91 Å². The lowest BCUT2D eigenvalue weighted by molar-refractivity contribution is -0.126.